The molecule has 2 heterocycles. The molecule has 8 heteroatoms. The van der Waals surface area contributed by atoms with E-state index in [2.05, 4.69) is 59.0 Å². The van der Waals surface area contributed by atoms with Crippen LogP contribution in [-0.2, 0) is 12.8 Å². The SMILES string of the molecule is CC1(C)Cc2cc(OC(=O)O)ccc2NC1c1cccc(-n2nnnc2Cc2ccccc2)c1. The number of anilines is 1. The van der Waals surface area contributed by atoms with E-state index in [4.69, 9.17) is 9.84 Å². The van der Waals surface area contributed by atoms with Crippen molar-refractivity contribution in [3.63, 3.8) is 0 Å². The first-order valence-corrected chi connectivity index (χ1v) is 11.1. The third-order valence-electron chi connectivity index (χ3n) is 6.20. The van der Waals surface area contributed by atoms with Gasteiger partial charge in [-0.05, 0) is 69.3 Å². The lowest BCUT2D eigenvalue weighted by atomic mass is 9.73. The Morgan fingerprint density at radius 2 is 1.94 bits per heavy atom. The zero-order chi connectivity index (χ0) is 23.7. The second-order valence-corrected chi connectivity index (χ2v) is 9.19. The first kappa shape index (κ1) is 21.6. The van der Waals surface area contributed by atoms with Gasteiger partial charge in [-0.25, -0.2) is 4.79 Å². The minimum absolute atomic E-state index is 0.0419. The molecule has 1 aliphatic heterocycles. The summed E-state index contributed by atoms with van der Waals surface area (Å²) < 4.78 is 6.63. The van der Waals surface area contributed by atoms with Crippen molar-refractivity contribution in [2.45, 2.75) is 32.7 Å². The summed E-state index contributed by atoms with van der Waals surface area (Å²) in [4.78, 5) is 10.9. The van der Waals surface area contributed by atoms with Crippen LogP contribution in [0.3, 0.4) is 0 Å². The van der Waals surface area contributed by atoms with Gasteiger partial charge in [-0.1, -0.05) is 56.3 Å². The smallest absolute Gasteiger partial charge is 0.449 e. The highest BCUT2D eigenvalue weighted by molar-refractivity contribution is 5.64. The van der Waals surface area contributed by atoms with Crippen LogP contribution in [0.5, 0.6) is 5.75 Å². The van der Waals surface area contributed by atoms with E-state index >= 15 is 0 Å². The van der Waals surface area contributed by atoms with Gasteiger partial charge in [-0.3, -0.25) is 0 Å². The Hall–Kier alpha value is -4.20. The zero-order valence-corrected chi connectivity index (χ0v) is 19.0. The minimum Gasteiger partial charge on any atom is -0.449 e. The van der Waals surface area contributed by atoms with Gasteiger partial charge in [-0.2, -0.15) is 4.68 Å². The van der Waals surface area contributed by atoms with E-state index in [9.17, 15) is 4.79 Å². The predicted octanol–water partition coefficient (Wildman–Crippen LogP) is 5.05. The van der Waals surface area contributed by atoms with Gasteiger partial charge in [0.1, 0.15) is 5.75 Å². The normalized spacial score (nSPS) is 16.4. The maximum Gasteiger partial charge on any atom is 0.511 e. The summed E-state index contributed by atoms with van der Waals surface area (Å²) in [6, 6.07) is 23.8. The van der Waals surface area contributed by atoms with Gasteiger partial charge in [0.2, 0.25) is 0 Å². The zero-order valence-electron chi connectivity index (χ0n) is 19.0. The first-order chi connectivity index (χ1) is 16.4. The Kier molecular flexibility index (Phi) is 5.49. The summed E-state index contributed by atoms with van der Waals surface area (Å²) in [6.07, 6.45) is 0.0942. The van der Waals surface area contributed by atoms with Crippen molar-refractivity contribution in [2.24, 2.45) is 5.41 Å². The molecule has 3 aromatic carbocycles. The molecule has 0 bridgehead atoms. The lowest BCUT2D eigenvalue weighted by Gasteiger charge is -2.41. The molecule has 0 fully saturated rings. The highest BCUT2D eigenvalue weighted by Gasteiger charge is 2.36. The first-order valence-electron chi connectivity index (χ1n) is 11.1. The molecule has 172 valence electrons. The number of carboxylic acid groups (broad SMARTS) is 1. The number of nitrogens with zero attached hydrogens (tertiary/aromatic N) is 4. The Morgan fingerprint density at radius 3 is 2.74 bits per heavy atom. The molecule has 0 spiro atoms. The molecule has 4 aromatic rings. The van der Waals surface area contributed by atoms with E-state index < -0.39 is 6.16 Å². The largest absolute Gasteiger partial charge is 0.511 e. The summed E-state index contributed by atoms with van der Waals surface area (Å²) in [7, 11) is 0. The van der Waals surface area contributed by atoms with Crippen molar-refractivity contribution >= 4 is 11.8 Å². The molecule has 1 aliphatic rings. The third kappa shape index (κ3) is 4.34. The summed E-state index contributed by atoms with van der Waals surface area (Å²) in [5, 5.41) is 25.0. The molecule has 8 nitrogen and oxygen atoms in total. The lowest BCUT2D eigenvalue weighted by molar-refractivity contribution is 0.144. The summed E-state index contributed by atoms with van der Waals surface area (Å²) >= 11 is 0. The van der Waals surface area contributed by atoms with E-state index in [0.717, 1.165) is 40.3 Å². The van der Waals surface area contributed by atoms with Crippen LogP contribution in [0.4, 0.5) is 10.5 Å². The second kappa shape index (κ2) is 8.62. The number of rotatable bonds is 5. The fraction of sp³-hybridized carbons (Fsp3) is 0.231. The Balaban J connectivity index is 1.44. The maximum atomic E-state index is 10.9. The molecular formula is C26H25N5O3. The van der Waals surface area contributed by atoms with Gasteiger partial charge in [0.15, 0.2) is 5.82 Å². The van der Waals surface area contributed by atoms with Crippen molar-refractivity contribution in [3.8, 4) is 11.4 Å². The van der Waals surface area contributed by atoms with Crippen LogP contribution in [-0.4, -0.2) is 31.5 Å². The van der Waals surface area contributed by atoms with Crippen LogP contribution in [0, 0.1) is 5.41 Å². The molecule has 1 aromatic heterocycles. The van der Waals surface area contributed by atoms with E-state index in [-0.39, 0.29) is 11.5 Å². The van der Waals surface area contributed by atoms with Gasteiger partial charge in [-0.15, -0.1) is 5.10 Å². The van der Waals surface area contributed by atoms with E-state index in [0.29, 0.717) is 12.2 Å². The number of aromatic nitrogens is 4. The Bertz CT molecular complexity index is 1330. The molecule has 1 atom stereocenters. The molecule has 2 N–H and O–H groups in total. The number of tetrazole rings is 1. The number of nitrogens with one attached hydrogen (secondary N) is 1. The van der Waals surface area contributed by atoms with Crippen LogP contribution in [0.25, 0.3) is 5.69 Å². The molecule has 0 saturated carbocycles. The van der Waals surface area contributed by atoms with Crippen LogP contribution in [0.1, 0.15) is 42.4 Å². The lowest BCUT2D eigenvalue weighted by Crippen LogP contribution is -2.35. The van der Waals surface area contributed by atoms with Crippen molar-refractivity contribution in [3.05, 3.63) is 95.3 Å². The topological polar surface area (TPSA) is 102 Å². The Morgan fingerprint density at radius 1 is 1.12 bits per heavy atom. The molecule has 34 heavy (non-hydrogen) atoms. The van der Waals surface area contributed by atoms with Crippen molar-refractivity contribution in [1.82, 2.24) is 20.2 Å². The highest BCUT2D eigenvalue weighted by atomic mass is 16.7. The van der Waals surface area contributed by atoms with Gasteiger partial charge >= 0.3 is 6.16 Å². The fourth-order valence-electron chi connectivity index (χ4n) is 4.63. The summed E-state index contributed by atoms with van der Waals surface area (Å²) in [6.45, 7) is 4.39. The number of ether oxygens (including phenoxy) is 1. The number of fused-ring (bicyclic) bond motifs is 1. The standard InChI is InChI=1S/C26H25N5O3/c1-26(2)16-19-15-21(34-25(32)33)11-12-22(19)27-24(26)18-9-6-10-20(14-18)31-23(28-29-30-31)13-17-7-4-3-5-8-17/h3-12,14-15,24,27H,13,16H2,1-2H3,(H,32,33). The number of hydrogen-bond acceptors (Lipinski definition) is 6. The quantitative estimate of drug-likeness (QED) is 0.321. The van der Waals surface area contributed by atoms with Gasteiger partial charge in [0.25, 0.3) is 0 Å². The second-order valence-electron chi connectivity index (χ2n) is 9.19. The van der Waals surface area contributed by atoms with Gasteiger partial charge in [0, 0.05) is 12.1 Å². The average molecular weight is 456 g/mol. The molecule has 0 radical (unpaired) electrons. The maximum absolute atomic E-state index is 10.9. The average Bonchev–Trinajstić information content (AvgIpc) is 3.26. The van der Waals surface area contributed by atoms with Crippen LogP contribution in [0.2, 0.25) is 0 Å². The summed E-state index contributed by atoms with van der Waals surface area (Å²) in [5.41, 5.74) is 5.04. The summed E-state index contributed by atoms with van der Waals surface area (Å²) in [5.74, 6) is 1.10. The van der Waals surface area contributed by atoms with E-state index in [1.165, 1.54) is 0 Å². The molecule has 0 saturated heterocycles. The van der Waals surface area contributed by atoms with Crippen LogP contribution >= 0.6 is 0 Å². The van der Waals surface area contributed by atoms with Crippen LogP contribution in [0.15, 0.2) is 72.8 Å². The third-order valence-corrected chi connectivity index (χ3v) is 6.20. The van der Waals surface area contributed by atoms with E-state index in [1.807, 2.05) is 36.4 Å². The monoisotopic (exact) mass is 455 g/mol. The molecule has 1 unspecified atom stereocenters. The van der Waals surface area contributed by atoms with E-state index in [1.54, 1.807) is 16.8 Å². The molecule has 0 aliphatic carbocycles. The van der Waals surface area contributed by atoms with Gasteiger partial charge < -0.3 is 15.2 Å². The molecule has 0 amide bonds. The van der Waals surface area contributed by atoms with Gasteiger partial charge in [0.05, 0.1) is 11.7 Å². The van der Waals surface area contributed by atoms with Crippen molar-refractivity contribution in [2.75, 3.05) is 5.32 Å². The van der Waals surface area contributed by atoms with Crippen molar-refractivity contribution < 1.29 is 14.6 Å². The predicted molar refractivity (Wildman–Crippen MR) is 127 cm³/mol. The fourth-order valence-corrected chi connectivity index (χ4v) is 4.63. The number of carbonyl (C=O) groups is 1. The van der Waals surface area contributed by atoms with Crippen molar-refractivity contribution in [1.29, 1.82) is 0 Å². The molecule has 5 rings (SSSR count). The highest BCUT2D eigenvalue weighted by Crippen LogP contribution is 2.45. The number of hydrogen-bond donors (Lipinski definition) is 2. The molecular weight excluding hydrogens is 430 g/mol. The van der Waals surface area contributed by atoms with Crippen LogP contribution < -0.4 is 10.1 Å². The number of benzene rings is 3. The Labute approximate surface area is 197 Å². The minimum atomic E-state index is -1.31.